The lowest BCUT2D eigenvalue weighted by atomic mass is 10.3. The largest absolute Gasteiger partial charge is 0.465 e. The summed E-state index contributed by atoms with van der Waals surface area (Å²) in [7, 11) is 0. The van der Waals surface area contributed by atoms with E-state index in [1.165, 1.54) is 36.3 Å². The predicted molar refractivity (Wildman–Crippen MR) is 231 cm³/mol. The molecule has 2 N–H and O–H groups in total. The maximum atomic E-state index is 13.2. The van der Waals surface area contributed by atoms with E-state index in [4.69, 9.17) is 28.4 Å². The summed E-state index contributed by atoms with van der Waals surface area (Å²) in [5.74, 6) is -3.94. The summed E-state index contributed by atoms with van der Waals surface area (Å²) in [6.07, 6.45) is 2.08. The smallest absolute Gasteiger partial charge is 0.320 e. The van der Waals surface area contributed by atoms with Crippen LogP contribution in [0.3, 0.4) is 0 Å². The van der Waals surface area contributed by atoms with Crippen molar-refractivity contribution in [3.05, 3.63) is 0 Å². The van der Waals surface area contributed by atoms with E-state index in [0.29, 0.717) is 5.75 Å². The molecular formula is C40H71N7O15S. The number of amides is 3. The second-order valence-electron chi connectivity index (χ2n) is 13.5. The summed E-state index contributed by atoms with van der Waals surface area (Å²) in [6.45, 7) is 9.65. The Balaban J connectivity index is 5.66. The third-order valence-corrected chi connectivity index (χ3v) is 9.04. The third-order valence-electron chi connectivity index (χ3n) is 8.43. The summed E-state index contributed by atoms with van der Waals surface area (Å²) in [5.41, 5.74) is 0. The van der Waals surface area contributed by atoms with E-state index in [0.717, 1.165) is 0 Å². The van der Waals surface area contributed by atoms with Crippen LogP contribution in [0.15, 0.2) is 0 Å². The van der Waals surface area contributed by atoms with Gasteiger partial charge in [-0.15, -0.1) is 0 Å². The SMILES string of the molecule is CCOC(=O)CN(CCN(CC(=O)OCC)CC(=O)OCC)CC(=O)NCCN(CCNC(=O)CN(CCN(CC(=O)OCC)CC(=O)OCC)CC(=O)OCC)C(=O)CCSC. The van der Waals surface area contributed by atoms with Crippen molar-refractivity contribution in [2.45, 2.75) is 48.0 Å². The Labute approximate surface area is 375 Å². The van der Waals surface area contributed by atoms with Crippen LogP contribution in [-0.2, 0) is 71.6 Å². The lowest BCUT2D eigenvalue weighted by Gasteiger charge is -2.27. The van der Waals surface area contributed by atoms with Gasteiger partial charge in [-0.3, -0.25) is 62.8 Å². The van der Waals surface area contributed by atoms with E-state index in [1.807, 2.05) is 6.26 Å². The van der Waals surface area contributed by atoms with Crippen molar-refractivity contribution in [2.75, 3.05) is 156 Å². The standard InChI is InChI=1S/C40H71N7O15S/c1-8-57-35(51)26-43(19-21-45(28-37(53)59-10-3)29-38(54)60-11-4)24-32(48)41-15-17-47(34(50)14-23-63-7)18-16-42-33(49)25-44(27-36(52)58-9-2)20-22-46(30-39(55)61-12-5)31-40(56)62-13-6/h8-31H2,1-7H3,(H,41,48)(H,42,49). The minimum absolute atomic E-state index is 0.0459. The van der Waals surface area contributed by atoms with Crippen LogP contribution in [-0.4, -0.2) is 234 Å². The molecule has 0 fully saturated rings. The topological polar surface area (TPSA) is 249 Å². The number of thioether (sulfide) groups is 1. The summed E-state index contributed by atoms with van der Waals surface area (Å²) in [5, 5.41) is 5.53. The summed E-state index contributed by atoms with van der Waals surface area (Å²) in [4.78, 5) is 121. The maximum Gasteiger partial charge on any atom is 0.320 e. The van der Waals surface area contributed by atoms with Crippen molar-refractivity contribution in [1.82, 2.24) is 35.1 Å². The van der Waals surface area contributed by atoms with Crippen LogP contribution in [0, 0.1) is 0 Å². The van der Waals surface area contributed by atoms with Crippen molar-refractivity contribution >= 4 is 65.3 Å². The zero-order valence-corrected chi connectivity index (χ0v) is 39.1. The van der Waals surface area contributed by atoms with Gasteiger partial charge in [0, 0.05) is 64.5 Å². The Hall–Kier alpha value is -4.58. The second kappa shape index (κ2) is 36.9. The molecule has 0 aliphatic heterocycles. The van der Waals surface area contributed by atoms with E-state index < -0.39 is 47.6 Å². The van der Waals surface area contributed by atoms with Gasteiger partial charge in [-0.1, -0.05) is 0 Å². The molecule has 22 nitrogen and oxygen atoms in total. The number of carbonyl (C=O) groups excluding carboxylic acids is 9. The van der Waals surface area contributed by atoms with Crippen molar-refractivity contribution in [3.63, 3.8) is 0 Å². The second-order valence-corrected chi connectivity index (χ2v) is 14.5. The van der Waals surface area contributed by atoms with Crippen LogP contribution in [0.5, 0.6) is 0 Å². The molecule has 0 aromatic carbocycles. The lowest BCUT2D eigenvalue weighted by molar-refractivity contribution is -0.150. The van der Waals surface area contributed by atoms with Crippen LogP contribution < -0.4 is 10.6 Å². The van der Waals surface area contributed by atoms with Gasteiger partial charge in [0.25, 0.3) is 0 Å². The molecule has 0 saturated heterocycles. The molecule has 0 rings (SSSR count). The fraction of sp³-hybridized carbons (Fsp3) is 0.775. The van der Waals surface area contributed by atoms with Crippen LogP contribution >= 0.6 is 11.8 Å². The van der Waals surface area contributed by atoms with Gasteiger partial charge >= 0.3 is 35.8 Å². The first-order valence-corrected chi connectivity index (χ1v) is 22.7. The maximum absolute atomic E-state index is 13.2. The summed E-state index contributed by atoms with van der Waals surface area (Å²) < 4.78 is 30.3. The van der Waals surface area contributed by atoms with Gasteiger partial charge < -0.3 is 44.0 Å². The average Bonchev–Trinajstić information content (AvgIpc) is 3.20. The first-order chi connectivity index (χ1) is 30.1. The van der Waals surface area contributed by atoms with Crippen molar-refractivity contribution in [3.8, 4) is 0 Å². The number of nitrogens with zero attached hydrogens (tertiary/aromatic N) is 5. The molecule has 0 unspecified atom stereocenters. The number of ether oxygens (including phenoxy) is 6. The summed E-state index contributed by atoms with van der Waals surface area (Å²) in [6, 6.07) is 0. The number of hydrogen-bond donors (Lipinski definition) is 2. The quantitative estimate of drug-likeness (QED) is 0.0525. The van der Waals surface area contributed by atoms with E-state index in [1.54, 1.807) is 41.5 Å². The Morgan fingerprint density at radius 2 is 0.651 bits per heavy atom. The molecule has 23 heteroatoms. The molecular weight excluding hydrogens is 851 g/mol. The minimum Gasteiger partial charge on any atom is -0.465 e. The average molecular weight is 922 g/mol. The van der Waals surface area contributed by atoms with Crippen LogP contribution in [0.1, 0.15) is 48.0 Å². The predicted octanol–water partition coefficient (Wildman–Crippen LogP) is -1.61. The first kappa shape index (κ1) is 58.4. The Morgan fingerprint density at radius 1 is 0.397 bits per heavy atom. The van der Waals surface area contributed by atoms with Crippen LogP contribution in [0.4, 0.5) is 0 Å². The van der Waals surface area contributed by atoms with Crippen molar-refractivity contribution < 1.29 is 71.6 Å². The summed E-state index contributed by atoms with van der Waals surface area (Å²) >= 11 is 1.49. The monoisotopic (exact) mass is 921 g/mol. The molecule has 0 atom stereocenters. The number of esters is 6. The van der Waals surface area contributed by atoms with Crippen LogP contribution in [0.25, 0.3) is 0 Å². The first-order valence-electron chi connectivity index (χ1n) is 21.3. The molecule has 0 spiro atoms. The minimum atomic E-state index is -0.575. The Morgan fingerprint density at radius 3 is 0.889 bits per heavy atom. The van der Waals surface area contributed by atoms with Gasteiger partial charge in [0.2, 0.25) is 17.7 Å². The zero-order valence-electron chi connectivity index (χ0n) is 38.2. The van der Waals surface area contributed by atoms with Gasteiger partial charge in [-0.2, -0.15) is 11.8 Å². The fourth-order valence-electron chi connectivity index (χ4n) is 5.64. The molecule has 0 aliphatic rings. The molecule has 0 aromatic heterocycles. The molecule has 0 saturated carbocycles. The van der Waals surface area contributed by atoms with Gasteiger partial charge in [0.15, 0.2) is 0 Å². The molecule has 63 heavy (non-hydrogen) atoms. The van der Waals surface area contributed by atoms with E-state index in [9.17, 15) is 43.2 Å². The molecule has 3 amide bonds. The van der Waals surface area contributed by atoms with E-state index in [-0.39, 0.29) is 157 Å². The molecule has 0 aliphatic carbocycles. The van der Waals surface area contributed by atoms with Crippen LogP contribution in [0.2, 0.25) is 0 Å². The highest BCUT2D eigenvalue weighted by Gasteiger charge is 2.23. The molecule has 0 radical (unpaired) electrons. The Bertz CT molecular complexity index is 1280. The zero-order chi connectivity index (χ0) is 47.4. The number of hydrogen-bond acceptors (Lipinski definition) is 20. The van der Waals surface area contributed by atoms with Gasteiger partial charge in [-0.05, 0) is 47.8 Å². The van der Waals surface area contributed by atoms with Crippen molar-refractivity contribution in [2.24, 2.45) is 0 Å². The highest BCUT2D eigenvalue weighted by atomic mass is 32.2. The Kier molecular flexibility index (Phi) is 34.2. The van der Waals surface area contributed by atoms with Gasteiger partial charge in [0.1, 0.15) is 0 Å². The molecule has 0 aromatic rings. The number of rotatable bonds is 37. The molecule has 362 valence electrons. The van der Waals surface area contributed by atoms with E-state index in [2.05, 4.69) is 10.6 Å². The molecule has 0 bridgehead atoms. The number of carbonyl (C=O) groups is 9. The lowest BCUT2D eigenvalue weighted by Crippen LogP contribution is -2.48. The highest BCUT2D eigenvalue weighted by molar-refractivity contribution is 7.98. The number of nitrogens with one attached hydrogen (secondary N) is 2. The van der Waals surface area contributed by atoms with Crippen molar-refractivity contribution in [1.29, 1.82) is 0 Å². The molecule has 0 heterocycles. The van der Waals surface area contributed by atoms with Gasteiger partial charge in [-0.25, -0.2) is 0 Å². The highest BCUT2D eigenvalue weighted by Crippen LogP contribution is 2.03. The fourth-order valence-corrected chi connectivity index (χ4v) is 6.02. The van der Waals surface area contributed by atoms with Gasteiger partial charge in [0.05, 0.1) is 92.0 Å². The van der Waals surface area contributed by atoms with E-state index >= 15 is 0 Å². The normalized spacial score (nSPS) is 11.0. The third kappa shape index (κ3) is 31.0.